The van der Waals surface area contributed by atoms with E-state index in [9.17, 15) is 9.59 Å². The Hall–Kier alpha value is -1.14. The van der Waals surface area contributed by atoms with E-state index in [1.165, 1.54) is 25.7 Å². The first-order valence-electron chi connectivity index (χ1n) is 9.88. The van der Waals surface area contributed by atoms with E-state index in [4.69, 9.17) is 18.9 Å². The molecule has 0 aromatic heterocycles. The number of carbonyl (C=O) groups is 2. The van der Waals surface area contributed by atoms with E-state index < -0.39 is 5.60 Å². The first kappa shape index (κ1) is 24.9. The Morgan fingerprint density at radius 1 is 0.692 bits per heavy atom. The second kappa shape index (κ2) is 16.1. The molecule has 0 rings (SSSR count). The van der Waals surface area contributed by atoms with Crippen molar-refractivity contribution in [3.63, 3.8) is 0 Å². The molecule has 0 heterocycles. The number of esters is 2. The molecule has 0 aliphatic carbocycles. The van der Waals surface area contributed by atoms with Crippen LogP contribution in [-0.2, 0) is 28.5 Å². The number of hydrogen-bond donors (Lipinski definition) is 0. The summed E-state index contributed by atoms with van der Waals surface area (Å²) in [5, 5.41) is 0. The van der Waals surface area contributed by atoms with Gasteiger partial charge >= 0.3 is 11.9 Å². The molecule has 154 valence electrons. The molecule has 0 saturated heterocycles. The highest BCUT2D eigenvalue weighted by Gasteiger charge is 2.15. The number of unbranched alkanes of at least 4 members (excludes halogenated alkanes) is 5. The standard InChI is InChI=1S/C20H38O6/c1-5-6-7-8-9-10-11-18(21)25-17-16-24-15-14-23-13-12-19(22)26-20(2,3)4/h5-17H2,1-4H3. The van der Waals surface area contributed by atoms with Crippen molar-refractivity contribution in [1.82, 2.24) is 0 Å². The van der Waals surface area contributed by atoms with Gasteiger partial charge in [-0.3, -0.25) is 9.59 Å². The van der Waals surface area contributed by atoms with Crippen LogP contribution in [-0.4, -0.2) is 50.6 Å². The molecular weight excluding hydrogens is 336 g/mol. The van der Waals surface area contributed by atoms with E-state index in [2.05, 4.69) is 6.92 Å². The fourth-order valence-corrected chi connectivity index (χ4v) is 2.21. The lowest BCUT2D eigenvalue weighted by molar-refractivity contribution is -0.156. The quantitative estimate of drug-likeness (QED) is 0.300. The minimum Gasteiger partial charge on any atom is -0.463 e. The van der Waals surface area contributed by atoms with Crippen LogP contribution in [0.3, 0.4) is 0 Å². The van der Waals surface area contributed by atoms with Crippen molar-refractivity contribution >= 4 is 11.9 Å². The Morgan fingerprint density at radius 3 is 1.92 bits per heavy atom. The minimum absolute atomic E-state index is 0.155. The molecule has 0 fully saturated rings. The van der Waals surface area contributed by atoms with Gasteiger partial charge in [-0.1, -0.05) is 39.0 Å². The van der Waals surface area contributed by atoms with E-state index in [1.54, 1.807) is 0 Å². The highest BCUT2D eigenvalue weighted by atomic mass is 16.6. The Kier molecular flexibility index (Phi) is 15.4. The van der Waals surface area contributed by atoms with Crippen LogP contribution in [0.2, 0.25) is 0 Å². The van der Waals surface area contributed by atoms with Crippen LogP contribution in [0.25, 0.3) is 0 Å². The Balaban J connectivity index is 3.30. The maximum absolute atomic E-state index is 11.5. The van der Waals surface area contributed by atoms with Crippen LogP contribution in [0.4, 0.5) is 0 Å². The molecule has 0 unspecified atom stereocenters. The first-order valence-corrected chi connectivity index (χ1v) is 9.88. The predicted octanol–water partition coefficient (Wildman–Crippen LogP) is 4.05. The zero-order valence-electron chi connectivity index (χ0n) is 17.1. The van der Waals surface area contributed by atoms with Crippen LogP contribution in [0.15, 0.2) is 0 Å². The lowest BCUT2D eigenvalue weighted by Crippen LogP contribution is -2.24. The molecule has 6 heteroatoms. The van der Waals surface area contributed by atoms with E-state index >= 15 is 0 Å². The summed E-state index contributed by atoms with van der Waals surface area (Å²) in [7, 11) is 0. The molecule has 0 aliphatic rings. The summed E-state index contributed by atoms with van der Waals surface area (Å²) in [5.41, 5.74) is -0.466. The molecule has 6 nitrogen and oxygen atoms in total. The summed E-state index contributed by atoms with van der Waals surface area (Å²) in [6.07, 6.45) is 7.65. The number of hydrogen-bond acceptors (Lipinski definition) is 6. The van der Waals surface area contributed by atoms with Crippen molar-refractivity contribution in [2.75, 3.05) is 33.0 Å². The molecule has 0 aromatic carbocycles. The SMILES string of the molecule is CCCCCCCCC(=O)OCCOCCOCCC(=O)OC(C)(C)C. The fourth-order valence-electron chi connectivity index (χ4n) is 2.21. The summed E-state index contributed by atoms with van der Waals surface area (Å²) in [4.78, 5) is 23.0. The van der Waals surface area contributed by atoms with Crippen molar-refractivity contribution in [1.29, 1.82) is 0 Å². The van der Waals surface area contributed by atoms with E-state index in [1.807, 2.05) is 20.8 Å². The van der Waals surface area contributed by atoms with Gasteiger partial charge in [-0.15, -0.1) is 0 Å². The van der Waals surface area contributed by atoms with Gasteiger partial charge in [0.15, 0.2) is 0 Å². The maximum Gasteiger partial charge on any atom is 0.308 e. The van der Waals surface area contributed by atoms with E-state index in [-0.39, 0.29) is 25.0 Å². The third-order valence-electron chi connectivity index (χ3n) is 3.47. The zero-order chi connectivity index (χ0) is 19.7. The molecule has 0 spiro atoms. The monoisotopic (exact) mass is 374 g/mol. The highest BCUT2D eigenvalue weighted by molar-refractivity contribution is 5.70. The van der Waals surface area contributed by atoms with Gasteiger partial charge in [0.1, 0.15) is 12.2 Å². The molecular formula is C20H38O6. The van der Waals surface area contributed by atoms with Crippen LogP contribution in [0.5, 0.6) is 0 Å². The number of ether oxygens (including phenoxy) is 4. The summed E-state index contributed by atoms with van der Waals surface area (Å²) in [6.45, 7) is 9.43. The van der Waals surface area contributed by atoms with Gasteiger partial charge in [0.05, 0.1) is 32.8 Å². The molecule has 26 heavy (non-hydrogen) atoms. The van der Waals surface area contributed by atoms with Crippen LogP contribution in [0, 0.1) is 0 Å². The van der Waals surface area contributed by atoms with E-state index in [0.717, 1.165) is 12.8 Å². The second-order valence-corrected chi connectivity index (χ2v) is 7.30. The van der Waals surface area contributed by atoms with Gasteiger partial charge in [-0.25, -0.2) is 0 Å². The second-order valence-electron chi connectivity index (χ2n) is 7.30. The average molecular weight is 375 g/mol. The van der Waals surface area contributed by atoms with Crippen LogP contribution in [0.1, 0.15) is 79.1 Å². The van der Waals surface area contributed by atoms with Crippen LogP contribution >= 0.6 is 0 Å². The largest absolute Gasteiger partial charge is 0.463 e. The molecule has 0 amide bonds. The van der Waals surface area contributed by atoms with Gasteiger partial charge in [0.2, 0.25) is 0 Å². The maximum atomic E-state index is 11.5. The highest BCUT2D eigenvalue weighted by Crippen LogP contribution is 2.08. The van der Waals surface area contributed by atoms with Gasteiger partial charge in [0.25, 0.3) is 0 Å². The third kappa shape index (κ3) is 19.2. The number of carbonyl (C=O) groups excluding carboxylic acids is 2. The van der Waals surface area contributed by atoms with Gasteiger partial charge in [-0.05, 0) is 27.2 Å². The lowest BCUT2D eigenvalue weighted by Gasteiger charge is -2.19. The smallest absolute Gasteiger partial charge is 0.308 e. The molecule has 0 N–H and O–H groups in total. The zero-order valence-corrected chi connectivity index (χ0v) is 17.1. The average Bonchev–Trinajstić information content (AvgIpc) is 2.54. The van der Waals surface area contributed by atoms with Crippen molar-refractivity contribution in [3.8, 4) is 0 Å². The molecule has 0 aliphatic heterocycles. The molecule has 0 atom stereocenters. The predicted molar refractivity (Wildman–Crippen MR) is 101 cm³/mol. The Labute approximate surface area is 158 Å². The topological polar surface area (TPSA) is 71.1 Å². The summed E-state index contributed by atoms with van der Waals surface area (Å²) in [6, 6.07) is 0. The molecule has 0 bridgehead atoms. The van der Waals surface area contributed by atoms with Gasteiger partial charge in [0, 0.05) is 6.42 Å². The molecule has 0 radical (unpaired) electrons. The van der Waals surface area contributed by atoms with Crippen molar-refractivity contribution < 1.29 is 28.5 Å². The van der Waals surface area contributed by atoms with Crippen molar-refractivity contribution in [2.45, 2.75) is 84.7 Å². The number of rotatable bonds is 16. The Bertz CT molecular complexity index is 362. The van der Waals surface area contributed by atoms with Gasteiger partial charge < -0.3 is 18.9 Å². The van der Waals surface area contributed by atoms with Gasteiger partial charge in [-0.2, -0.15) is 0 Å². The fraction of sp³-hybridized carbons (Fsp3) is 0.900. The normalized spacial score (nSPS) is 11.4. The summed E-state index contributed by atoms with van der Waals surface area (Å²) >= 11 is 0. The Morgan fingerprint density at radius 2 is 1.27 bits per heavy atom. The first-order chi connectivity index (χ1) is 12.3. The van der Waals surface area contributed by atoms with Crippen LogP contribution < -0.4 is 0 Å². The van der Waals surface area contributed by atoms with Crippen molar-refractivity contribution in [2.24, 2.45) is 0 Å². The van der Waals surface area contributed by atoms with Crippen molar-refractivity contribution in [3.05, 3.63) is 0 Å². The lowest BCUT2D eigenvalue weighted by atomic mass is 10.1. The summed E-state index contributed by atoms with van der Waals surface area (Å²) < 4.78 is 20.9. The third-order valence-corrected chi connectivity index (χ3v) is 3.47. The molecule has 0 aromatic rings. The minimum atomic E-state index is -0.466. The molecule has 0 saturated carbocycles. The van der Waals surface area contributed by atoms with E-state index in [0.29, 0.717) is 32.8 Å². The summed E-state index contributed by atoms with van der Waals surface area (Å²) in [5.74, 6) is -0.423.